The summed E-state index contributed by atoms with van der Waals surface area (Å²) in [5, 5.41) is 10.8. The fourth-order valence-electron chi connectivity index (χ4n) is 1.37. The molecular formula is C11H11NO3. The summed E-state index contributed by atoms with van der Waals surface area (Å²) in [5.74, 6) is 2.53. The molecule has 1 aromatic carbocycles. The summed E-state index contributed by atoms with van der Waals surface area (Å²) < 4.78 is 5.16. The number of hydrogen-bond donors (Lipinski definition) is 0. The first-order chi connectivity index (χ1) is 7.06. The van der Waals surface area contributed by atoms with Crippen molar-refractivity contribution in [3.05, 3.63) is 33.4 Å². The van der Waals surface area contributed by atoms with E-state index in [1.54, 1.807) is 13.8 Å². The number of hydrogen-bond acceptors (Lipinski definition) is 3. The molecule has 0 unspecified atom stereocenters. The summed E-state index contributed by atoms with van der Waals surface area (Å²) in [5.41, 5.74) is 1.51. The number of terminal acetylenes is 1. The van der Waals surface area contributed by atoms with Crippen LogP contribution in [0, 0.1) is 36.3 Å². The molecule has 4 nitrogen and oxygen atoms in total. The Balaban J connectivity index is 3.22. The van der Waals surface area contributed by atoms with Crippen LogP contribution in [0.2, 0.25) is 0 Å². The molecule has 0 radical (unpaired) electrons. The lowest BCUT2D eigenvalue weighted by Crippen LogP contribution is -2.01. The lowest BCUT2D eigenvalue weighted by molar-refractivity contribution is -0.385. The zero-order valence-corrected chi connectivity index (χ0v) is 8.61. The molecule has 0 aliphatic rings. The minimum absolute atomic E-state index is 0.0325. The first-order valence-electron chi connectivity index (χ1n) is 4.38. The molecular weight excluding hydrogens is 194 g/mol. The maximum Gasteiger partial charge on any atom is 0.311 e. The number of benzene rings is 1. The van der Waals surface area contributed by atoms with E-state index in [-0.39, 0.29) is 18.0 Å². The van der Waals surface area contributed by atoms with Crippen molar-refractivity contribution in [2.24, 2.45) is 0 Å². The van der Waals surface area contributed by atoms with E-state index in [4.69, 9.17) is 11.2 Å². The molecule has 0 atom stereocenters. The van der Waals surface area contributed by atoms with Gasteiger partial charge in [-0.2, -0.15) is 0 Å². The normalized spacial score (nSPS) is 9.40. The monoisotopic (exact) mass is 205 g/mol. The molecule has 1 aromatic rings. The Kier molecular flexibility index (Phi) is 3.29. The van der Waals surface area contributed by atoms with Gasteiger partial charge in [-0.15, -0.1) is 6.42 Å². The average Bonchev–Trinajstić information content (AvgIpc) is 2.15. The van der Waals surface area contributed by atoms with Gasteiger partial charge in [0.15, 0.2) is 0 Å². The number of aryl methyl sites for hydroxylation is 2. The Morgan fingerprint density at radius 3 is 2.73 bits per heavy atom. The van der Waals surface area contributed by atoms with Gasteiger partial charge in [0.25, 0.3) is 0 Å². The first kappa shape index (κ1) is 11.1. The second-order valence-electron chi connectivity index (χ2n) is 3.18. The van der Waals surface area contributed by atoms with Gasteiger partial charge in [-0.05, 0) is 25.0 Å². The number of nitro groups is 1. The van der Waals surface area contributed by atoms with Gasteiger partial charge < -0.3 is 4.74 Å². The second-order valence-corrected chi connectivity index (χ2v) is 3.18. The molecule has 0 fully saturated rings. The van der Waals surface area contributed by atoms with Crippen molar-refractivity contribution in [3.8, 4) is 18.1 Å². The van der Waals surface area contributed by atoms with Crippen LogP contribution in [0.3, 0.4) is 0 Å². The Morgan fingerprint density at radius 1 is 1.53 bits per heavy atom. The quantitative estimate of drug-likeness (QED) is 0.432. The molecule has 0 aromatic heterocycles. The predicted molar refractivity (Wildman–Crippen MR) is 56.9 cm³/mol. The number of nitro benzene ring substituents is 1. The Hall–Kier alpha value is -2.02. The van der Waals surface area contributed by atoms with Gasteiger partial charge in [-0.3, -0.25) is 10.1 Å². The molecule has 15 heavy (non-hydrogen) atoms. The highest BCUT2D eigenvalue weighted by atomic mass is 16.6. The molecule has 0 aliphatic heterocycles. The van der Waals surface area contributed by atoms with Crippen LogP contribution in [-0.2, 0) is 0 Å². The lowest BCUT2D eigenvalue weighted by atomic mass is 10.1. The van der Waals surface area contributed by atoms with E-state index < -0.39 is 4.92 Å². The van der Waals surface area contributed by atoms with E-state index in [1.807, 2.05) is 6.07 Å². The molecule has 0 spiro atoms. The van der Waals surface area contributed by atoms with Crippen LogP contribution in [0.1, 0.15) is 11.1 Å². The Morgan fingerprint density at radius 2 is 2.20 bits per heavy atom. The summed E-state index contributed by atoms with van der Waals surface area (Å²) in [7, 11) is 0. The summed E-state index contributed by atoms with van der Waals surface area (Å²) in [4.78, 5) is 10.3. The van der Waals surface area contributed by atoms with E-state index in [9.17, 15) is 10.1 Å². The molecule has 4 heteroatoms. The van der Waals surface area contributed by atoms with E-state index in [0.717, 1.165) is 11.1 Å². The maximum atomic E-state index is 10.8. The van der Waals surface area contributed by atoms with Crippen molar-refractivity contribution in [1.82, 2.24) is 0 Å². The first-order valence-corrected chi connectivity index (χ1v) is 4.38. The molecule has 0 saturated heterocycles. The van der Waals surface area contributed by atoms with Crippen molar-refractivity contribution in [2.45, 2.75) is 13.8 Å². The summed E-state index contributed by atoms with van der Waals surface area (Å²) >= 11 is 0. The van der Waals surface area contributed by atoms with Gasteiger partial charge in [0.1, 0.15) is 6.61 Å². The van der Waals surface area contributed by atoms with Crippen LogP contribution in [0.25, 0.3) is 0 Å². The van der Waals surface area contributed by atoms with Gasteiger partial charge in [-0.1, -0.05) is 12.0 Å². The Bertz CT molecular complexity index is 432. The van der Waals surface area contributed by atoms with Gasteiger partial charge in [-0.25, -0.2) is 0 Å². The lowest BCUT2D eigenvalue weighted by Gasteiger charge is -2.07. The third kappa shape index (κ3) is 2.47. The number of ether oxygens (including phenoxy) is 1. The fourth-order valence-corrected chi connectivity index (χ4v) is 1.37. The van der Waals surface area contributed by atoms with Crippen LogP contribution in [0.15, 0.2) is 12.1 Å². The van der Waals surface area contributed by atoms with Gasteiger partial charge >= 0.3 is 5.69 Å². The third-order valence-corrected chi connectivity index (χ3v) is 1.90. The summed E-state index contributed by atoms with van der Waals surface area (Å²) in [6.45, 7) is 3.58. The highest BCUT2D eigenvalue weighted by Crippen LogP contribution is 2.31. The predicted octanol–water partition coefficient (Wildman–Crippen LogP) is 2.22. The molecule has 0 bridgehead atoms. The molecule has 0 N–H and O–H groups in total. The van der Waals surface area contributed by atoms with Crippen molar-refractivity contribution in [1.29, 1.82) is 0 Å². The minimum atomic E-state index is -0.466. The van der Waals surface area contributed by atoms with Crippen LogP contribution >= 0.6 is 0 Å². The summed E-state index contributed by atoms with van der Waals surface area (Å²) in [6, 6.07) is 3.29. The topological polar surface area (TPSA) is 52.4 Å². The highest BCUT2D eigenvalue weighted by Gasteiger charge is 2.17. The van der Waals surface area contributed by atoms with Crippen LogP contribution in [0.4, 0.5) is 5.69 Å². The number of nitrogens with zero attached hydrogens (tertiary/aromatic N) is 1. The minimum Gasteiger partial charge on any atom is -0.474 e. The van der Waals surface area contributed by atoms with Crippen LogP contribution in [0.5, 0.6) is 5.75 Å². The fraction of sp³-hybridized carbons (Fsp3) is 0.273. The SMILES string of the molecule is C#CCOc1c(C)cc(C)cc1[N+](=O)[O-]. The zero-order valence-electron chi connectivity index (χ0n) is 8.61. The van der Waals surface area contributed by atoms with Gasteiger partial charge in [0.05, 0.1) is 4.92 Å². The smallest absolute Gasteiger partial charge is 0.311 e. The molecule has 0 aliphatic carbocycles. The highest BCUT2D eigenvalue weighted by molar-refractivity contribution is 5.53. The molecule has 1 rings (SSSR count). The molecule has 0 saturated carbocycles. The van der Waals surface area contributed by atoms with Gasteiger partial charge in [0, 0.05) is 6.07 Å². The largest absolute Gasteiger partial charge is 0.474 e. The maximum absolute atomic E-state index is 10.8. The van der Waals surface area contributed by atoms with E-state index >= 15 is 0 Å². The third-order valence-electron chi connectivity index (χ3n) is 1.90. The van der Waals surface area contributed by atoms with Crippen molar-refractivity contribution in [2.75, 3.05) is 6.61 Å². The van der Waals surface area contributed by atoms with Crippen molar-refractivity contribution < 1.29 is 9.66 Å². The molecule has 0 amide bonds. The Labute approximate surface area is 88.0 Å². The van der Waals surface area contributed by atoms with E-state index in [0.29, 0.717) is 0 Å². The van der Waals surface area contributed by atoms with Gasteiger partial charge in [0.2, 0.25) is 5.75 Å². The average molecular weight is 205 g/mol. The molecule has 78 valence electrons. The zero-order chi connectivity index (χ0) is 11.4. The van der Waals surface area contributed by atoms with E-state index in [2.05, 4.69) is 5.92 Å². The molecule has 0 heterocycles. The summed E-state index contributed by atoms with van der Waals surface area (Å²) in [6.07, 6.45) is 5.04. The van der Waals surface area contributed by atoms with Crippen LogP contribution in [-0.4, -0.2) is 11.5 Å². The van der Waals surface area contributed by atoms with E-state index in [1.165, 1.54) is 6.07 Å². The second kappa shape index (κ2) is 4.47. The van der Waals surface area contributed by atoms with Crippen LogP contribution < -0.4 is 4.74 Å². The number of rotatable bonds is 3. The standard InChI is InChI=1S/C11H11NO3/c1-4-5-15-11-9(3)6-8(2)7-10(11)12(13)14/h1,6-7H,5H2,2-3H3. The van der Waals surface area contributed by atoms with Crippen molar-refractivity contribution in [3.63, 3.8) is 0 Å². The van der Waals surface area contributed by atoms with Crippen molar-refractivity contribution >= 4 is 5.69 Å².